The van der Waals surface area contributed by atoms with E-state index in [1.807, 2.05) is 35.3 Å². The lowest BCUT2D eigenvalue weighted by molar-refractivity contribution is 0.0775. The van der Waals surface area contributed by atoms with Gasteiger partial charge in [-0.3, -0.25) is 20.2 Å². The van der Waals surface area contributed by atoms with Crippen LogP contribution in [0.15, 0.2) is 67.3 Å². The third-order valence-electron chi connectivity index (χ3n) is 4.39. The summed E-state index contributed by atoms with van der Waals surface area (Å²) in [4.78, 5) is 20.7. The molecule has 0 aliphatic heterocycles. The lowest BCUT2D eigenvalue weighted by Crippen LogP contribution is -2.42. The van der Waals surface area contributed by atoms with E-state index in [1.54, 1.807) is 51.1 Å². The van der Waals surface area contributed by atoms with Crippen molar-refractivity contribution in [2.75, 3.05) is 20.8 Å². The van der Waals surface area contributed by atoms with E-state index in [2.05, 4.69) is 15.4 Å². The first kappa shape index (κ1) is 20.3. The van der Waals surface area contributed by atoms with Crippen LogP contribution < -0.4 is 14.9 Å². The molecule has 7 heteroatoms. The monoisotopic (exact) mass is 392 g/mol. The molecular weight excluding hydrogens is 368 g/mol. The zero-order chi connectivity index (χ0) is 20.5. The van der Waals surface area contributed by atoms with Crippen molar-refractivity contribution in [2.45, 2.75) is 13.0 Å². The number of aromatic nitrogens is 2. The number of benzene rings is 1. The van der Waals surface area contributed by atoms with E-state index >= 15 is 0 Å². The fourth-order valence-electron chi connectivity index (χ4n) is 2.86. The van der Waals surface area contributed by atoms with Crippen molar-refractivity contribution < 1.29 is 14.3 Å². The smallest absolute Gasteiger partial charge is 0.267 e. The average Bonchev–Trinajstić information content (AvgIpc) is 2.78. The molecule has 7 nitrogen and oxygen atoms in total. The molecule has 0 bridgehead atoms. The van der Waals surface area contributed by atoms with Gasteiger partial charge < -0.3 is 9.47 Å². The fraction of sp³-hybridized carbons (Fsp3) is 0.227. The third kappa shape index (κ3) is 6.02. The molecule has 3 aromatic rings. The summed E-state index contributed by atoms with van der Waals surface area (Å²) in [7, 11) is 3.25. The van der Waals surface area contributed by atoms with Gasteiger partial charge in [0, 0.05) is 43.9 Å². The van der Waals surface area contributed by atoms with E-state index in [0.29, 0.717) is 25.1 Å². The van der Waals surface area contributed by atoms with Gasteiger partial charge in [-0.05, 0) is 53.9 Å². The fourth-order valence-corrected chi connectivity index (χ4v) is 2.86. The second-order valence-electron chi connectivity index (χ2n) is 6.43. The topological polar surface area (TPSA) is 76.6 Å². The maximum atomic E-state index is 12.6. The number of methoxy groups -OCH3 is 2. The van der Waals surface area contributed by atoms with Crippen LogP contribution in [0.5, 0.6) is 11.5 Å². The Morgan fingerprint density at radius 2 is 1.69 bits per heavy atom. The van der Waals surface area contributed by atoms with Crippen LogP contribution in [0.3, 0.4) is 0 Å². The Kier molecular flexibility index (Phi) is 7.13. The van der Waals surface area contributed by atoms with Crippen LogP contribution in [0.2, 0.25) is 0 Å². The summed E-state index contributed by atoms with van der Waals surface area (Å²) in [6.45, 7) is 1.15. The van der Waals surface area contributed by atoms with Gasteiger partial charge in [0.2, 0.25) is 0 Å². The molecule has 0 radical (unpaired) electrons. The van der Waals surface area contributed by atoms with Crippen LogP contribution in [0, 0.1) is 0 Å². The molecule has 1 amide bonds. The first-order valence-corrected chi connectivity index (χ1v) is 9.24. The largest absolute Gasteiger partial charge is 0.497 e. The minimum Gasteiger partial charge on any atom is -0.497 e. The molecule has 2 aromatic heterocycles. The van der Waals surface area contributed by atoms with Gasteiger partial charge in [0.25, 0.3) is 5.91 Å². The van der Waals surface area contributed by atoms with E-state index < -0.39 is 0 Å². The van der Waals surface area contributed by atoms with Gasteiger partial charge in [-0.25, -0.2) is 5.01 Å². The maximum absolute atomic E-state index is 12.6. The molecule has 0 aliphatic carbocycles. The molecule has 3 rings (SSSR count). The number of hydrogen-bond acceptors (Lipinski definition) is 6. The summed E-state index contributed by atoms with van der Waals surface area (Å²) in [5, 5.41) is 1.89. The van der Waals surface area contributed by atoms with Crippen molar-refractivity contribution in [2.24, 2.45) is 0 Å². The van der Waals surface area contributed by atoms with Crippen molar-refractivity contribution in [3.05, 3.63) is 83.9 Å². The summed E-state index contributed by atoms with van der Waals surface area (Å²) in [5.41, 5.74) is 5.59. The summed E-state index contributed by atoms with van der Waals surface area (Å²) < 4.78 is 10.7. The van der Waals surface area contributed by atoms with Gasteiger partial charge in [-0.2, -0.15) is 0 Å². The molecule has 2 heterocycles. The summed E-state index contributed by atoms with van der Waals surface area (Å²) >= 11 is 0. The number of carbonyl (C=O) groups is 1. The first-order valence-electron chi connectivity index (χ1n) is 9.24. The molecule has 150 valence electrons. The average molecular weight is 392 g/mol. The Labute approximate surface area is 170 Å². The molecule has 0 saturated carbocycles. The predicted molar refractivity (Wildman–Crippen MR) is 110 cm³/mol. The van der Waals surface area contributed by atoms with Gasteiger partial charge in [0.05, 0.1) is 19.8 Å². The van der Waals surface area contributed by atoms with Crippen LogP contribution in [0.25, 0.3) is 0 Å². The second kappa shape index (κ2) is 10.2. The lowest BCUT2D eigenvalue weighted by Gasteiger charge is -2.23. The minimum atomic E-state index is -0.199. The zero-order valence-corrected chi connectivity index (χ0v) is 16.5. The van der Waals surface area contributed by atoms with Crippen molar-refractivity contribution in [1.29, 1.82) is 0 Å². The Hall–Kier alpha value is -3.45. The van der Waals surface area contributed by atoms with E-state index in [0.717, 1.165) is 22.6 Å². The van der Waals surface area contributed by atoms with Crippen LogP contribution in [0.4, 0.5) is 0 Å². The number of nitrogens with zero attached hydrogens (tertiary/aromatic N) is 3. The molecular formula is C22H24N4O3. The Morgan fingerprint density at radius 1 is 0.966 bits per heavy atom. The molecule has 0 saturated heterocycles. The van der Waals surface area contributed by atoms with Crippen molar-refractivity contribution in [1.82, 2.24) is 20.4 Å². The molecule has 29 heavy (non-hydrogen) atoms. The highest BCUT2D eigenvalue weighted by Crippen LogP contribution is 2.23. The summed E-state index contributed by atoms with van der Waals surface area (Å²) in [5.74, 6) is 1.27. The van der Waals surface area contributed by atoms with Gasteiger partial charge in [0.1, 0.15) is 11.5 Å². The highest BCUT2D eigenvalue weighted by molar-refractivity contribution is 5.93. The highest BCUT2D eigenvalue weighted by atomic mass is 16.5. The minimum absolute atomic E-state index is 0.199. The molecule has 0 atom stereocenters. The van der Waals surface area contributed by atoms with Gasteiger partial charge in [-0.15, -0.1) is 0 Å². The lowest BCUT2D eigenvalue weighted by atomic mass is 10.1. The van der Waals surface area contributed by atoms with Crippen LogP contribution in [-0.2, 0) is 13.0 Å². The number of ether oxygens (including phenoxy) is 2. The molecule has 0 unspecified atom stereocenters. The Morgan fingerprint density at radius 3 is 2.31 bits per heavy atom. The van der Waals surface area contributed by atoms with Crippen molar-refractivity contribution in [3.8, 4) is 11.5 Å². The third-order valence-corrected chi connectivity index (χ3v) is 4.39. The number of nitrogens with one attached hydrogen (secondary N) is 1. The summed E-state index contributed by atoms with van der Waals surface area (Å²) in [6, 6.07) is 13.1. The van der Waals surface area contributed by atoms with Gasteiger partial charge in [-0.1, -0.05) is 0 Å². The number of carbonyl (C=O) groups excluding carboxylic acids is 1. The zero-order valence-electron chi connectivity index (χ0n) is 16.5. The second-order valence-corrected chi connectivity index (χ2v) is 6.43. The van der Waals surface area contributed by atoms with E-state index in [4.69, 9.17) is 9.47 Å². The Balaban J connectivity index is 1.73. The normalized spacial score (nSPS) is 10.6. The van der Waals surface area contributed by atoms with E-state index in [-0.39, 0.29) is 5.91 Å². The molecule has 0 aliphatic rings. The maximum Gasteiger partial charge on any atom is 0.267 e. The van der Waals surface area contributed by atoms with Crippen molar-refractivity contribution in [3.63, 3.8) is 0 Å². The number of rotatable bonds is 9. The standard InChI is InChI=1S/C22H24N4O3/c1-28-20-12-18(13-21(14-20)29-2)7-11-26(16-17-5-9-23-10-6-17)25-22(27)19-4-3-8-24-15-19/h3-6,8-10,12-15H,7,11,16H2,1-2H3,(H,25,27). The molecule has 1 aromatic carbocycles. The SMILES string of the molecule is COc1cc(CCN(Cc2ccncc2)NC(=O)c2cccnc2)cc(OC)c1. The number of amides is 1. The van der Waals surface area contributed by atoms with Crippen molar-refractivity contribution >= 4 is 5.91 Å². The number of hydrogen-bond donors (Lipinski definition) is 1. The van der Waals surface area contributed by atoms with Crippen LogP contribution >= 0.6 is 0 Å². The van der Waals surface area contributed by atoms with Crippen LogP contribution in [0.1, 0.15) is 21.5 Å². The van der Waals surface area contributed by atoms with E-state index in [1.165, 1.54) is 0 Å². The molecule has 0 spiro atoms. The quantitative estimate of drug-likeness (QED) is 0.565. The van der Waals surface area contributed by atoms with Gasteiger partial charge in [0.15, 0.2) is 0 Å². The first-order chi connectivity index (χ1) is 14.2. The van der Waals surface area contributed by atoms with Gasteiger partial charge >= 0.3 is 0 Å². The number of pyridine rings is 2. The van der Waals surface area contributed by atoms with E-state index in [9.17, 15) is 4.79 Å². The highest BCUT2D eigenvalue weighted by Gasteiger charge is 2.13. The van der Waals surface area contributed by atoms with Crippen LogP contribution in [-0.4, -0.2) is 41.6 Å². The molecule has 0 fully saturated rings. The molecule has 1 N–H and O–H groups in total. The predicted octanol–water partition coefficient (Wildman–Crippen LogP) is 2.88. The number of hydrazine groups is 1. The Bertz CT molecular complexity index is 898. The summed E-state index contributed by atoms with van der Waals surface area (Å²) in [6.07, 6.45) is 7.37.